The van der Waals surface area contributed by atoms with Crippen LogP contribution in [-0.4, -0.2) is 16.7 Å². The van der Waals surface area contributed by atoms with Crippen molar-refractivity contribution in [2.24, 2.45) is 0 Å². The quantitative estimate of drug-likeness (QED) is 0.878. The molecule has 19 heavy (non-hydrogen) atoms. The highest BCUT2D eigenvalue weighted by Gasteiger charge is 2.11. The van der Waals surface area contributed by atoms with Gasteiger partial charge in [0.15, 0.2) is 0 Å². The van der Waals surface area contributed by atoms with Crippen LogP contribution in [0.15, 0.2) is 42.7 Å². The van der Waals surface area contributed by atoms with Crippen molar-refractivity contribution in [3.63, 3.8) is 0 Å². The van der Waals surface area contributed by atoms with Crippen LogP contribution in [-0.2, 0) is 6.42 Å². The van der Waals surface area contributed by atoms with Crippen LogP contribution in [0.2, 0.25) is 5.02 Å². The van der Waals surface area contributed by atoms with Gasteiger partial charge < -0.3 is 5.32 Å². The maximum absolute atomic E-state index is 6.04. The van der Waals surface area contributed by atoms with Crippen LogP contribution >= 0.6 is 11.6 Å². The fourth-order valence-corrected chi connectivity index (χ4v) is 2.25. The van der Waals surface area contributed by atoms with Crippen LogP contribution in [0.25, 0.3) is 0 Å². The first-order chi connectivity index (χ1) is 9.29. The molecule has 1 atom stereocenters. The summed E-state index contributed by atoms with van der Waals surface area (Å²) in [6.45, 7) is 3.14. The van der Waals surface area contributed by atoms with E-state index < -0.39 is 0 Å². The molecule has 0 saturated carbocycles. The van der Waals surface area contributed by atoms with E-state index in [0.717, 1.165) is 30.0 Å². The molecule has 4 heteroatoms. The lowest BCUT2D eigenvalue weighted by molar-refractivity contribution is 0.526. The number of benzene rings is 1. The Morgan fingerprint density at radius 2 is 2.16 bits per heavy atom. The highest BCUT2D eigenvalue weighted by Crippen LogP contribution is 2.19. The second kappa shape index (κ2) is 7.22. The molecule has 0 amide bonds. The molecule has 100 valence electrons. The predicted octanol–water partition coefficient (Wildman–Crippen LogP) is 3.41. The molecule has 0 aliphatic rings. The third-order valence-electron chi connectivity index (χ3n) is 2.98. The summed E-state index contributed by atoms with van der Waals surface area (Å²) in [5, 5.41) is 12.1. The first-order valence-electron chi connectivity index (χ1n) is 6.54. The van der Waals surface area contributed by atoms with E-state index in [0.29, 0.717) is 0 Å². The van der Waals surface area contributed by atoms with E-state index in [4.69, 9.17) is 11.6 Å². The van der Waals surface area contributed by atoms with Crippen LogP contribution in [0, 0.1) is 0 Å². The van der Waals surface area contributed by atoms with Crippen LogP contribution in [0.3, 0.4) is 0 Å². The van der Waals surface area contributed by atoms with Crippen molar-refractivity contribution in [3.05, 3.63) is 58.9 Å². The van der Waals surface area contributed by atoms with Crippen molar-refractivity contribution in [1.29, 1.82) is 0 Å². The number of hydrogen-bond donors (Lipinski definition) is 1. The maximum Gasteiger partial charge on any atom is 0.0544 e. The lowest BCUT2D eigenvalue weighted by atomic mass is 10.0. The van der Waals surface area contributed by atoms with Gasteiger partial charge in [-0.15, -0.1) is 0 Å². The lowest BCUT2D eigenvalue weighted by Gasteiger charge is -2.18. The van der Waals surface area contributed by atoms with Gasteiger partial charge in [-0.1, -0.05) is 30.7 Å². The summed E-state index contributed by atoms with van der Waals surface area (Å²) < 4.78 is 0. The average molecular weight is 276 g/mol. The van der Waals surface area contributed by atoms with Gasteiger partial charge in [0.25, 0.3) is 0 Å². The number of nitrogens with one attached hydrogen (secondary N) is 1. The van der Waals surface area contributed by atoms with Crippen molar-refractivity contribution in [3.8, 4) is 0 Å². The van der Waals surface area contributed by atoms with Gasteiger partial charge in [-0.25, -0.2) is 0 Å². The Bertz CT molecular complexity index is 502. The van der Waals surface area contributed by atoms with Gasteiger partial charge in [0.1, 0.15) is 0 Å². The van der Waals surface area contributed by atoms with Crippen molar-refractivity contribution in [1.82, 2.24) is 15.5 Å². The topological polar surface area (TPSA) is 37.8 Å². The zero-order chi connectivity index (χ0) is 13.5. The SMILES string of the molecule is CCCNC(Cc1cccc(Cl)c1)c1ccnnc1. The molecule has 0 spiro atoms. The highest BCUT2D eigenvalue weighted by molar-refractivity contribution is 6.30. The van der Waals surface area contributed by atoms with Gasteiger partial charge in [0.2, 0.25) is 0 Å². The zero-order valence-corrected chi connectivity index (χ0v) is 11.8. The van der Waals surface area contributed by atoms with Gasteiger partial charge in [0.05, 0.1) is 6.20 Å². The number of halogens is 1. The van der Waals surface area contributed by atoms with E-state index in [-0.39, 0.29) is 6.04 Å². The van der Waals surface area contributed by atoms with Crippen LogP contribution < -0.4 is 5.32 Å². The number of nitrogens with zero attached hydrogens (tertiary/aromatic N) is 2. The molecule has 0 bridgehead atoms. The highest BCUT2D eigenvalue weighted by atomic mass is 35.5. The lowest BCUT2D eigenvalue weighted by Crippen LogP contribution is -2.24. The number of aromatic nitrogens is 2. The van der Waals surface area contributed by atoms with Gasteiger partial charge in [-0.3, -0.25) is 0 Å². The molecular formula is C15H18ClN3. The summed E-state index contributed by atoms with van der Waals surface area (Å²) in [6.07, 6.45) is 5.54. The predicted molar refractivity (Wildman–Crippen MR) is 78.2 cm³/mol. The Balaban J connectivity index is 2.14. The molecule has 1 heterocycles. The van der Waals surface area contributed by atoms with Gasteiger partial charge in [-0.05, 0) is 48.7 Å². The molecule has 0 radical (unpaired) electrons. The zero-order valence-electron chi connectivity index (χ0n) is 11.0. The van der Waals surface area contributed by atoms with Crippen LogP contribution in [0.1, 0.15) is 30.5 Å². The average Bonchev–Trinajstić information content (AvgIpc) is 2.44. The molecule has 0 fully saturated rings. The van der Waals surface area contributed by atoms with Crippen molar-refractivity contribution >= 4 is 11.6 Å². The second-order valence-electron chi connectivity index (χ2n) is 4.52. The monoisotopic (exact) mass is 275 g/mol. The molecule has 3 nitrogen and oxygen atoms in total. The maximum atomic E-state index is 6.04. The molecule has 0 aliphatic carbocycles. The van der Waals surface area contributed by atoms with E-state index in [2.05, 4.69) is 28.5 Å². The summed E-state index contributed by atoms with van der Waals surface area (Å²) in [6, 6.07) is 10.2. The van der Waals surface area contributed by atoms with E-state index in [1.165, 1.54) is 5.56 Å². The van der Waals surface area contributed by atoms with E-state index in [9.17, 15) is 0 Å². The number of hydrogen-bond acceptors (Lipinski definition) is 3. The molecule has 0 saturated heterocycles. The standard InChI is InChI=1S/C15H18ClN3/c1-2-7-17-15(13-6-8-18-19-11-13)10-12-4-3-5-14(16)9-12/h3-6,8-9,11,15,17H,2,7,10H2,1H3. The first kappa shape index (κ1) is 14.0. The van der Waals surface area contributed by atoms with E-state index in [1.807, 2.05) is 30.5 Å². The van der Waals surface area contributed by atoms with Crippen molar-refractivity contribution in [2.45, 2.75) is 25.8 Å². The smallest absolute Gasteiger partial charge is 0.0544 e. The fraction of sp³-hybridized carbons (Fsp3) is 0.333. The fourth-order valence-electron chi connectivity index (χ4n) is 2.03. The van der Waals surface area contributed by atoms with Crippen LogP contribution in [0.4, 0.5) is 0 Å². The molecule has 0 aliphatic heterocycles. The summed E-state index contributed by atoms with van der Waals surface area (Å²) in [5.74, 6) is 0. The number of rotatable bonds is 6. The molecule has 2 aromatic rings. The van der Waals surface area contributed by atoms with E-state index >= 15 is 0 Å². The largest absolute Gasteiger partial charge is 0.310 e. The molecular weight excluding hydrogens is 258 g/mol. The molecule has 2 rings (SSSR count). The summed E-state index contributed by atoms with van der Waals surface area (Å²) in [4.78, 5) is 0. The minimum atomic E-state index is 0.244. The minimum Gasteiger partial charge on any atom is -0.310 e. The van der Waals surface area contributed by atoms with Crippen molar-refractivity contribution < 1.29 is 0 Å². The minimum absolute atomic E-state index is 0.244. The first-order valence-corrected chi connectivity index (χ1v) is 6.92. The normalized spacial score (nSPS) is 12.3. The molecule has 1 unspecified atom stereocenters. The Labute approximate surface area is 119 Å². The Morgan fingerprint density at radius 3 is 2.84 bits per heavy atom. The van der Waals surface area contributed by atoms with Gasteiger partial charge in [-0.2, -0.15) is 10.2 Å². The Hall–Kier alpha value is -1.45. The van der Waals surface area contributed by atoms with Crippen LogP contribution in [0.5, 0.6) is 0 Å². The Morgan fingerprint density at radius 1 is 1.26 bits per heavy atom. The van der Waals surface area contributed by atoms with E-state index in [1.54, 1.807) is 6.20 Å². The second-order valence-corrected chi connectivity index (χ2v) is 4.95. The third-order valence-corrected chi connectivity index (χ3v) is 3.21. The van der Waals surface area contributed by atoms with Crippen molar-refractivity contribution in [2.75, 3.05) is 6.54 Å². The summed E-state index contributed by atoms with van der Waals surface area (Å²) in [7, 11) is 0. The molecule has 1 aromatic heterocycles. The third kappa shape index (κ3) is 4.30. The Kier molecular flexibility index (Phi) is 5.31. The summed E-state index contributed by atoms with van der Waals surface area (Å²) in [5.41, 5.74) is 2.38. The molecule has 1 aromatic carbocycles. The van der Waals surface area contributed by atoms with Gasteiger partial charge in [0, 0.05) is 17.3 Å². The molecule has 1 N–H and O–H groups in total. The van der Waals surface area contributed by atoms with Gasteiger partial charge >= 0.3 is 0 Å². The summed E-state index contributed by atoms with van der Waals surface area (Å²) >= 11 is 6.04.